The number of nitrogens with one attached hydrogen (secondary N) is 2. The first kappa shape index (κ1) is 14.5. The lowest BCUT2D eigenvalue weighted by Crippen LogP contribution is -2.32. The Morgan fingerprint density at radius 3 is 2.83 bits per heavy atom. The highest BCUT2D eigenvalue weighted by atomic mass is 35.5. The second kappa shape index (κ2) is 5.84. The Balaban J connectivity index is 0.00000162. The van der Waals surface area contributed by atoms with E-state index in [2.05, 4.69) is 10.6 Å². The van der Waals surface area contributed by atoms with Gasteiger partial charge in [-0.1, -0.05) is 6.07 Å². The Bertz CT molecular complexity index is 474. The standard InChI is InChI=1S/C12H15N3O2.ClH/c1-7(13)12(17)14-9-4-2-8-3-5-11(16)15-10(8)6-9;/h2,4,6-7H,3,5,13H2,1H3,(H,14,17)(H,15,16);1H/t7-;/m0./s1. The maximum atomic E-state index is 11.4. The van der Waals surface area contributed by atoms with Gasteiger partial charge in [-0.05, 0) is 31.0 Å². The lowest BCUT2D eigenvalue weighted by Gasteiger charge is -2.18. The predicted octanol–water partition coefficient (Wildman–Crippen LogP) is 1.28. The number of amides is 2. The third-order valence-electron chi connectivity index (χ3n) is 2.69. The first-order chi connectivity index (χ1) is 8.06. The molecule has 0 aromatic heterocycles. The zero-order chi connectivity index (χ0) is 12.4. The summed E-state index contributed by atoms with van der Waals surface area (Å²) in [6, 6.07) is 4.93. The lowest BCUT2D eigenvalue weighted by molar-refractivity contribution is -0.117. The number of halogens is 1. The van der Waals surface area contributed by atoms with Crippen LogP contribution in [0.2, 0.25) is 0 Å². The molecule has 18 heavy (non-hydrogen) atoms. The van der Waals surface area contributed by atoms with Crippen molar-refractivity contribution in [1.29, 1.82) is 0 Å². The highest BCUT2D eigenvalue weighted by Gasteiger charge is 2.15. The largest absolute Gasteiger partial charge is 0.326 e. The molecule has 1 heterocycles. The second-order valence-corrected chi connectivity index (χ2v) is 4.20. The Morgan fingerprint density at radius 2 is 2.17 bits per heavy atom. The number of carbonyl (C=O) groups is 2. The molecule has 1 aliphatic heterocycles. The average Bonchev–Trinajstić information content (AvgIpc) is 2.28. The average molecular weight is 270 g/mol. The van der Waals surface area contributed by atoms with Crippen molar-refractivity contribution in [2.45, 2.75) is 25.8 Å². The van der Waals surface area contributed by atoms with Crippen LogP contribution in [-0.4, -0.2) is 17.9 Å². The molecule has 0 fully saturated rings. The summed E-state index contributed by atoms with van der Waals surface area (Å²) in [6.07, 6.45) is 1.25. The minimum atomic E-state index is -0.555. The van der Waals surface area contributed by atoms with Crippen LogP contribution in [0.15, 0.2) is 18.2 Å². The van der Waals surface area contributed by atoms with E-state index in [0.29, 0.717) is 12.1 Å². The van der Waals surface area contributed by atoms with E-state index >= 15 is 0 Å². The van der Waals surface area contributed by atoms with Crippen LogP contribution in [0.25, 0.3) is 0 Å². The van der Waals surface area contributed by atoms with Crippen LogP contribution in [0.1, 0.15) is 18.9 Å². The van der Waals surface area contributed by atoms with Crippen LogP contribution in [0.5, 0.6) is 0 Å². The Kier molecular flexibility index (Phi) is 4.69. The number of fused-ring (bicyclic) bond motifs is 1. The fraction of sp³-hybridized carbons (Fsp3) is 0.333. The van der Waals surface area contributed by atoms with Gasteiger partial charge in [0.15, 0.2) is 0 Å². The molecule has 2 rings (SSSR count). The summed E-state index contributed by atoms with van der Waals surface area (Å²) in [5.74, 6) is -0.236. The molecule has 1 aromatic carbocycles. The Labute approximate surface area is 112 Å². The SMILES string of the molecule is C[C@H](N)C(=O)Nc1ccc2c(c1)NC(=O)CC2.Cl. The summed E-state index contributed by atoms with van der Waals surface area (Å²) in [6.45, 7) is 1.62. The number of aryl methyl sites for hydroxylation is 1. The number of carbonyl (C=O) groups excluding carboxylic acids is 2. The first-order valence-electron chi connectivity index (χ1n) is 5.55. The van der Waals surface area contributed by atoms with E-state index in [1.54, 1.807) is 13.0 Å². The molecule has 0 radical (unpaired) electrons. The van der Waals surface area contributed by atoms with Crippen molar-refractivity contribution in [2.24, 2.45) is 5.73 Å². The third kappa shape index (κ3) is 3.21. The first-order valence-corrected chi connectivity index (χ1v) is 5.55. The topological polar surface area (TPSA) is 84.2 Å². The van der Waals surface area contributed by atoms with Gasteiger partial charge in [-0.15, -0.1) is 12.4 Å². The van der Waals surface area contributed by atoms with E-state index in [4.69, 9.17) is 5.73 Å². The quantitative estimate of drug-likeness (QED) is 0.756. The van der Waals surface area contributed by atoms with Crippen LogP contribution >= 0.6 is 12.4 Å². The van der Waals surface area contributed by atoms with E-state index in [1.165, 1.54) is 0 Å². The molecular formula is C12H16ClN3O2. The van der Waals surface area contributed by atoms with Crippen LogP contribution in [0.4, 0.5) is 11.4 Å². The normalized spacial score (nSPS) is 14.9. The van der Waals surface area contributed by atoms with Gasteiger partial charge in [0.25, 0.3) is 0 Å². The predicted molar refractivity (Wildman–Crippen MR) is 72.9 cm³/mol. The van der Waals surface area contributed by atoms with Gasteiger partial charge >= 0.3 is 0 Å². The van der Waals surface area contributed by atoms with E-state index in [-0.39, 0.29) is 24.2 Å². The molecule has 0 saturated heterocycles. The fourth-order valence-corrected chi connectivity index (χ4v) is 1.71. The Morgan fingerprint density at radius 1 is 1.44 bits per heavy atom. The van der Waals surface area contributed by atoms with Gasteiger partial charge in [0.2, 0.25) is 11.8 Å². The number of rotatable bonds is 2. The molecule has 0 unspecified atom stereocenters. The molecule has 1 atom stereocenters. The van der Waals surface area contributed by atoms with Crippen molar-refractivity contribution in [1.82, 2.24) is 0 Å². The zero-order valence-corrected chi connectivity index (χ0v) is 10.8. The highest BCUT2D eigenvalue weighted by molar-refractivity contribution is 5.97. The molecule has 1 aliphatic rings. The molecule has 1 aromatic rings. The number of hydrogen-bond acceptors (Lipinski definition) is 3. The van der Waals surface area contributed by atoms with Crippen LogP contribution in [0, 0.1) is 0 Å². The summed E-state index contributed by atoms with van der Waals surface area (Å²) in [5.41, 5.74) is 7.96. The minimum Gasteiger partial charge on any atom is -0.326 e. The van der Waals surface area contributed by atoms with Gasteiger partial charge in [0.05, 0.1) is 6.04 Å². The molecule has 0 aliphatic carbocycles. The molecule has 0 spiro atoms. The second-order valence-electron chi connectivity index (χ2n) is 4.20. The maximum absolute atomic E-state index is 11.4. The van der Waals surface area contributed by atoms with Gasteiger partial charge < -0.3 is 16.4 Å². The summed E-state index contributed by atoms with van der Waals surface area (Å²) in [7, 11) is 0. The monoisotopic (exact) mass is 269 g/mol. The molecule has 5 nitrogen and oxygen atoms in total. The number of hydrogen-bond donors (Lipinski definition) is 3. The number of anilines is 2. The van der Waals surface area contributed by atoms with Crippen molar-refractivity contribution >= 4 is 35.6 Å². The van der Waals surface area contributed by atoms with Crippen LogP contribution in [0.3, 0.4) is 0 Å². The van der Waals surface area contributed by atoms with Gasteiger partial charge in [-0.2, -0.15) is 0 Å². The van der Waals surface area contributed by atoms with Crippen LogP contribution < -0.4 is 16.4 Å². The van der Waals surface area contributed by atoms with E-state index in [1.807, 2.05) is 12.1 Å². The van der Waals surface area contributed by atoms with Gasteiger partial charge in [-0.3, -0.25) is 9.59 Å². The molecular weight excluding hydrogens is 254 g/mol. The summed E-state index contributed by atoms with van der Waals surface area (Å²) >= 11 is 0. The van der Waals surface area contributed by atoms with Crippen molar-refractivity contribution < 1.29 is 9.59 Å². The van der Waals surface area contributed by atoms with Crippen molar-refractivity contribution in [2.75, 3.05) is 10.6 Å². The third-order valence-corrected chi connectivity index (χ3v) is 2.69. The summed E-state index contributed by atoms with van der Waals surface area (Å²) < 4.78 is 0. The van der Waals surface area contributed by atoms with E-state index in [9.17, 15) is 9.59 Å². The fourth-order valence-electron chi connectivity index (χ4n) is 1.71. The molecule has 6 heteroatoms. The van der Waals surface area contributed by atoms with Gasteiger partial charge in [0.1, 0.15) is 0 Å². The summed E-state index contributed by atoms with van der Waals surface area (Å²) in [4.78, 5) is 22.7. The highest BCUT2D eigenvalue weighted by Crippen LogP contribution is 2.25. The zero-order valence-electron chi connectivity index (χ0n) is 10.0. The lowest BCUT2D eigenvalue weighted by atomic mass is 10.0. The number of nitrogens with two attached hydrogens (primary N) is 1. The molecule has 0 bridgehead atoms. The van der Waals surface area contributed by atoms with E-state index in [0.717, 1.165) is 17.7 Å². The smallest absolute Gasteiger partial charge is 0.240 e. The van der Waals surface area contributed by atoms with Crippen LogP contribution in [-0.2, 0) is 16.0 Å². The van der Waals surface area contributed by atoms with Crippen molar-refractivity contribution in [3.05, 3.63) is 23.8 Å². The molecule has 0 saturated carbocycles. The number of benzene rings is 1. The van der Waals surface area contributed by atoms with E-state index < -0.39 is 6.04 Å². The molecule has 2 amide bonds. The Hall–Kier alpha value is -1.59. The van der Waals surface area contributed by atoms with Gasteiger partial charge in [-0.25, -0.2) is 0 Å². The maximum Gasteiger partial charge on any atom is 0.240 e. The molecule has 98 valence electrons. The summed E-state index contributed by atoms with van der Waals surface area (Å²) in [5, 5.41) is 5.47. The molecule has 4 N–H and O–H groups in total. The van der Waals surface area contributed by atoms with Gasteiger partial charge in [0, 0.05) is 17.8 Å². The van der Waals surface area contributed by atoms with Crippen molar-refractivity contribution in [3.8, 4) is 0 Å². The minimum absolute atomic E-state index is 0. The van der Waals surface area contributed by atoms with Crippen molar-refractivity contribution in [3.63, 3.8) is 0 Å².